The van der Waals surface area contributed by atoms with Crippen LogP contribution in [0.5, 0.6) is 0 Å². The number of methoxy groups -OCH3 is 1. The molecule has 100 valence electrons. The lowest BCUT2D eigenvalue weighted by molar-refractivity contribution is 0.0589. The van der Waals surface area contributed by atoms with E-state index in [0.29, 0.717) is 17.0 Å². The van der Waals surface area contributed by atoms with Gasteiger partial charge in [-0.1, -0.05) is 11.9 Å². The standard InChI is InChI=1S/C12H14N4O2S/c1-16-11(12(17)18-2)9(7-14-16)10-5-4-8(6-13-10)15-19-3/h4-7,15H,1-3H3. The zero-order valence-corrected chi connectivity index (χ0v) is 11.7. The predicted octanol–water partition coefficient (Wildman–Crippen LogP) is 1.96. The minimum atomic E-state index is -0.428. The molecule has 0 bridgehead atoms. The fourth-order valence-electron chi connectivity index (χ4n) is 1.70. The molecule has 0 fully saturated rings. The molecule has 2 aromatic heterocycles. The van der Waals surface area contributed by atoms with Crippen molar-refractivity contribution in [3.63, 3.8) is 0 Å². The van der Waals surface area contributed by atoms with Crippen LogP contribution in [-0.2, 0) is 11.8 Å². The summed E-state index contributed by atoms with van der Waals surface area (Å²) in [5.41, 5.74) is 2.63. The molecule has 6 nitrogen and oxygen atoms in total. The third-order valence-corrected chi connectivity index (χ3v) is 3.02. The van der Waals surface area contributed by atoms with E-state index in [0.717, 1.165) is 5.69 Å². The van der Waals surface area contributed by atoms with Crippen LogP contribution in [0.1, 0.15) is 10.5 Å². The number of carbonyl (C=O) groups is 1. The van der Waals surface area contributed by atoms with Gasteiger partial charge in [-0.15, -0.1) is 0 Å². The highest BCUT2D eigenvalue weighted by Crippen LogP contribution is 2.23. The Morgan fingerprint density at radius 1 is 1.42 bits per heavy atom. The van der Waals surface area contributed by atoms with E-state index >= 15 is 0 Å². The Morgan fingerprint density at radius 2 is 2.21 bits per heavy atom. The van der Waals surface area contributed by atoms with Crippen molar-refractivity contribution in [2.75, 3.05) is 18.1 Å². The SMILES string of the molecule is COC(=O)c1c(-c2ccc(NSC)cn2)cnn1C. The van der Waals surface area contributed by atoms with Crippen molar-refractivity contribution in [2.24, 2.45) is 7.05 Å². The maximum absolute atomic E-state index is 11.7. The van der Waals surface area contributed by atoms with Crippen molar-refractivity contribution in [3.05, 3.63) is 30.2 Å². The number of ether oxygens (including phenoxy) is 1. The van der Waals surface area contributed by atoms with E-state index in [2.05, 4.69) is 14.8 Å². The maximum Gasteiger partial charge on any atom is 0.357 e. The van der Waals surface area contributed by atoms with Crippen LogP contribution in [-0.4, -0.2) is 34.1 Å². The largest absolute Gasteiger partial charge is 0.464 e. The molecular weight excluding hydrogens is 264 g/mol. The molecule has 0 spiro atoms. The van der Waals surface area contributed by atoms with Crippen LogP contribution in [0, 0.1) is 0 Å². The van der Waals surface area contributed by atoms with Gasteiger partial charge in [0, 0.05) is 13.3 Å². The third kappa shape index (κ3) is 2.70. The summed E-state index contributed by atoms with van der Waals surface area (Å²) in [5, 5.41) is 4.08. The lowest BCUT2D eigenvalue weighted by Crippen LogP contribution is -2.09. The highest BCUT2D eigenvalue weighted by Gasteiger charge is 2.19. The molecule has 0 saturated heterocycles. The van der Waals surface area contributed by atoms with Crippen molar-refractivity contribution >= 4 is 23.6 Å². The highest BCUT2D eigenvalue weighted by atomic mass is 32.2. The summed E-state index contributed by atoms with van der Waals surface area (Å²) in [4.78, 5) is 16.1. The smallest absolute Gasteiger partial charge is 0.357 e. The van der Waals surface area contributed by atoms with Gasteiger partial charge < -0.3 is 9.46 Å². The molecule has 0 aliphatic rings. The Bertz CT molecular complexity index is 580. The molecule has 0 aliphatic carbocycles. The highest BCUT2D eigenvalue weighted by molar-refractivity contribution is 7.99. The van der Waals surface area contributed by atoms with Gasteiger partial charge in [-0.25, -0.2) is 4.79 Å². The molecule has 2 heterocycles. The topological polar surface area (TPSA) is 69.0 Å². The van der Waals surface area contributed by atoms with Crippen molar-refractivity contribution in [2.45, 2.75) is 0 Å². The van der Waals surface area contributed by atoms with Crippen molar-refractivity contribution < 1.29 is 9.53 Å². The van der Waals surface area contributed by atoms with E-state index in [1.54, 1.807) is 19.4 Å². The lowest BCUT2D eigenvalue weighted by Gasteiger charge is -2.05. The first-order chi connectivity index (χ1) is 9.17. The van der Waals surface area contributed by atoms with Crippen molar-refractivity contribution in [1.82, 2.24) is 14.8 Å². The number of nitrogens with one attached hydrogen (secondary N) is 1. The van der Waals surface area contributed by atoms with Gasteiger partial charge in [-0.05, 0) is 12.1 Å². The molecule has 0 aromatic carbocycles. The van der Waals surface area contributed by atoms with Gasteiger partial charge >= 0.3 is 5.97 Å². The van der Waals surface area contributed by atoms with Crippen LogP contribution < -0.4 is 4.72 Å². The van der Waals surface area contributed by atoms with E-state index in [-0.39, 0.29) is 0 Å². The zero-order valence-electron chi connectivity index (χ0n) is 10.9. The Balaban J connectivity index is 2.39. The van der Waals surface area contributed by atoms with Gasteiger partial charge in [0.15, 0.2) is 5.69 Å². The van der Waals surface area contributed by atoms with Crippen molar-refractivity contribution in [1.29, 1.82) is 0 Å². The average Bonchev–Trinajstić information content (AvgIpc) is 2.81. The van der Waals surface area contributed by atoms with Gasteiger partial charge in [0.2, 0.25) is 0 Å². The maximum atomic E-state index is 11.7. The van der Waals surface area contributed by atoms with E-state index in [9.17, 15) is 4.79 Å². The second-order valence-corrected chi connectivity index (χ2v) is 4.37. The number of esters is 1. The van der Waals surface area contributed by atoms with Crippen LogP contribution in [0.2, 0.25) is 0 Å². The zero-order chi connectivity index (χ0) is 13.8. The molecule has 19 heavy (non-hydrogen) atoms. The van der Waals surface area contributed by atoms with Crippen LogP contribution >= 0.6 is 11.9 Å². The first kappa shape index (κ1) is 13.4. The number of nitrogens with zero attached hydrogens (tertiary/aromatic N) is 3. The van der Waals surface area contributed by atoms with Crippen LogP contribution in [0.15, 0.2) is 24.5 Å². The number of carbonyl (C=O) groups excluding carboxylic acids is 1. The van der Waals surface area contributed by atoms with E-state index in [4.69, 9.17) is 4.74 Å². The number of rotatable bonds is 4. The molecule has 2 aromatic rings. The van der Waals surface area contributed by atoms with E-state index in [1.807, 2.05) is 18.4 Å². The van der Waals surface area contributed by atoms with Gasteiger partial charge in [0.25, 0.3) is 0 Å². The van der Waals surface area contributed by atoms with Gasteiger partial charge in [-0.2, -0.15) is 5.10 Å². The Hall–Kier alpha value is -2.02. The quantitative estimate of drug-likeness (QED) is 0.681. The molecule has 0 unspecified atom stereocenters. The molecular formula is C12H14N4O2S. The number of hydrogen-bond donors (Lipinski definition) is 1. The van der Waals surface area contributed by atoms with Gasteiger partial charge in [0.05, 0.1) is 36.4 Å². The average molecular weight is 278 g/mol. The predicted molar refractivity (Wildman–Crippen MR) is 74.9 cm³/mol. The fourth-order valence-corrected chi connectivity index (χ4v) is 2.05. The van der Waals surface area contributed by atoms with E-state index in [1.165, 1.54) is 23.7 Å². The summed E-state index contributed by atoms with van der Waals surface area (Å²) in [5.74, 6) is -0.428. The van der Waals surface area contributed by atoms with Crippen LogP contribution in [0.3, 0.4) is 0 Å². The molecule has 0 radical (unpaired) electrons. The fraction of sp³-hybridized carbons (Fsp3) is 0.250. The molecule has 0 aliphatic heterocycles. The number of anilines is 1. The molecule has 0 saturated carbocycles. The number of aromatic nitrogens is 3. The first-order valence-electron chi connectivity index (χ1n) is 5.53. The van der Waals surface area contributed by atoms with Crippen LogP contribution in [0.25, 0.3) is 11.3 Å². The number of aryl methyl sites for hydroxylation is 1. The Labute approximate surface area is 115 Å². The number of pyridine rings is 1. The monoisotopic (exact) mass is 278 g/mol. The lowest BCUT2D eigenvalue weighted by atomic mass is 10.1. The molecule has 1 N–H and O–H groups in total. The van der Waals surface area contributed by atoms with Gasteiger partial charge in [-0.3, -0.25) is 9.67 Å². The minimum Gasteiger partial charge on any atom is -0.464 e. The molecule has 2 rings (SSSR count). The normalized spacial score (nSPS) is 10.3. The third-order valence-electron chi connectivity index (χ3n) is 2.58. The summed E-state index contributed by atoms with van der Waals surface area (Å²) in [6.07, 6.45) is 5.25. The van der Waals surface area contributed by atoms with Crippen LogP contribution in [0.4, 0.5) is 5.69 Å². The second-order valence-electron chi connectivity index (χ2n) is 3.76. The summed E-state index contributed by atoms with van der Waals surface area (Å²) in [6, 6.07) is 3.73. The molecule has 0 amide bonds. The molecule has 0 atom stereocenters. The van der Waals surface area contributed by atoms with Gasteiger partial charge in [0.1, 0.15) is 0 Å². The first-order valence-corrected chi connectivity index (χ1v) is 6.75. The number of hydrogen-bond acceptors (Lipinski definition) is 6. The molecule has 7 heteroatoms. The minimum absolute atomic E-state index is 0.389. The summed E-state index contributed by atoms with van der Waals surface area (Å²) in [6.45, 7) is 0. The second kappa shape index (κ2) is 5.75. The van der Waals surface area contributed by atoms with E-state index < -0.39 is 5.97 Å². The Morgan fingerprint density at radius 3 is 2.79 bits per heavy atom. The summed E-state index contributed by atoms with van der Waals surface area (Å²) >= 11 is 1.49. The summed E-state index contributed by atoms with van der Waals surface area (Å²) in [7, 11) is 3.04. The Kier molecular flexibility index (Phi) is 4.06. The van der Waals surface area contributed by atoms with Crippen molar-refractivity contribution in [3.8, 4) is 11.3 Å². The summed E-state index contributed by atoms with van der Waals surface area (Å²) < 4.78 is 9.32.